The number of nitrogens with one attached hydrogen (secondary N) is 2. The Bertz CT molecular complexity index is 708. The summed E-state index contributed by atoms with van der Waals surface area (Å²) in [5.41, 5.74) is 3.97. The molecule has 22 heavy (non-hydrogen) atoms. The first-order chi connectivity index (χ1) is 10.3. The smallest absolute Gasteiger partial charge is 0.272 e. The molecule has 1 aromatic carbocycles. The van der Waals surface area contributed by atoms with E-state index in [4.69, 9.17) is 11.6 Å². The number of benzene rings is 1. The van der Waals surface area contributed by atoms with Gasteiger partial charge in [-0.15, -0.1) is 0 Å². The first kappa shape index (κ1) is 16.7. The lowest BCUT2D eigenvalue weighted by Crippen LogP contribution is -2.42. The van der Waals surface area contributed by atoms with Crippen molar-refractivity contribution in [3.63, 3.8) is 0 Å². The van der Waals surface area contributed by atoms with Crippen molar-refractivity contribution in [1.82, 2.24) is 10.9 Å². The van der Waals surface area contributed by atoms with E-state index < -0.39 is 27.5 Å². The summed E-state index contributed by atoms with van der Waals surface area (Å²) in [6.45, 7) is 0. The van der Waals surface area contributed by atoms with Crippen LogP contribution in [0.25, 0.3) is 0 Å². The van der Waals surface area contributed by atoms with Gasteiger partial charge in [0.1, 0.15) is 5.82 Å². The normalized spacial score (nSPS) is 19.6. The molecule has 0 aliphatic carbocycles. The van der Waals surface area contributed by atoms with Crippen LogP contribution in [0.2, 0.25) is 5.02 Å². The van der Waals surface area contributed by atoms with Gasteiger partial charge >= 0.3 is 0 Å². The Labute approximate surface area is 131 Å². The van der Waals surface area contributed by atoms with Gasteiger partial charge in [0.05, 0.1) is 17.1 Å². The van der Waals surface area contributed by atoms with E-state index in [1.54, 1.807) is 0 Å². The van der Waals surface area contributed by atoms with Crippen molar-refractivity contribution in [3.8, 4) is 0 Å². The summed E-state index contributed by atoms with van der Waals surface area (Å²) in [5, 5.41) is 0.153. The molecule has 2 rings (SSSR count). The highest BCUT2D eigenvalue weighted by molar-refractivity contribution is 7.91. The zero-order chi connectivity index (χ0) is 16.3. The second-order valence-electron chi connectivity index (χ2n) is 5.10. The topological polar surface area (TPSA) is 92.3 Å². The van der Waals surface area contributed by atoms with Crippen LogP contribution in [0.3, 0.4) is 0 Å². The van der Waals surface area contributed by atoms with E-state index in [2.05, 4.69) is 10.9 Å². The standard InChI is InChI=1S/C13H14ClFN2O4S/c14-9-1-2-10(11(15)6-9)13(19)17-16-12(18)5-8-3-4-22(20,21)7-8/h1-2,6,8H,3-5,7H2,(H,16,18)(H,17,19)/t8-/m1/s1. The van der Waals surface area contributed by atoms with Gasteiger partial charge in [-0.1, -0.05) is 11.6 Å². The van der Waals surface area contributed by atoms with Gasteiger partial charge in [0, 0.05) is 11.4 Å². The van der Waals surface area contributed by atoms with Crippen LogP contribution < -0.4 is 10.9 Å². The molecule has 120 valence electrons. The lowest BCUT2D eigenvalue weighted by molar-refractivity contribution is -0.122. The van der Waals surface area contributed by atoms with Gasteiger partial charge in [0.2, 0.25) is 5.91 Å². The molecule has 0 aromatic heterocycles. The van der Waals surface area contributed by atoms with Gasteiger partial charge in [0.25, 0.3) is 5.91 Å². The summed E-state index contributed by atoms with van der Waals surface area (Å²) < 4.78 is 36.1. The number of carbonyl (C=O) groups excluding carboxylic acids is 2. The number of hydrazine groups is 1. The Morgan fingerprint density at radius 2 is 2.05 bits per heavy atom. The number of amides is 2. The fourth-order valence-corrected chi connectivity index (χ4v) is 4.23. The van der Waals surface area contributed by atoms with Crippen molar-refractivity contribution in [2.75, 3.05) is 11.5 Å². The second-order valence-corrected chi connectivity index (χ2v) is 7.76. The fourth-order valence-electron chi connectivity index (χ4n) is 2.21. The number of hydrogen-bond acceptors (Lipinski definition) is 4. The fraction of sp³-hybridized carbons (Fsp3) is 0.385. The Kier molecular flexibility index (Phi) is 5.02. The molecule has 1 aliphatic rings. The predicted molar refractivity (Wildman–Crippen MR) is 78.4 cm³/mol. The minimum Gasteiger partial charge on any atom is -0.273 e. The van der Waals surface area contributed by atoms with E-state index >= 15 is 0 Å². The number of hydrogen-bond donors (Lipinski definition) is 2. The number of halogens is 2. The average molecular weight is 349 g/mol. The van der Waals surface area contributed by atoms with Gasteiger partial charge in [-0.2, -0.15) is 0 Å². The summed E-state index contributed by atoms with van der Waals surface area (Å²) in [6.07, 6.45) is 0.415. The Morgan fingerprint density at radius 1 is 1.32 bits per heavy atom. The maximum Gasteiger partial charge on any atom is 0.272 e. The maximum atomic E-state index is 13.5. The third-order valence-corrected chi connectivity index (χ3v) is 5.36. The first-order valence-electron chi connectivity index (χ1n) is 6.51. The Hall–Kier alpha value is -1.67. The highest BCUT2D eigenvalue weighted by Crippen LogP contribution is 2.21. The highest BCUT2D eigenvalue weighted by atomic mass is 35.5. The molecule has 1 heterocycles. The van der Waals surface area contributed by atoms with Gasteiger partial charge < -0.3 is 0 Å². The molecular weight excluding hydrogens is 335 g/mol. The van der Waals surface area contributed by atoms with Crippen LogP contribution in [0, 0.1) is 11.7 Å². The lowest BCUT2D eigenvalue weighted by atomic mass is 10.1. The number of sulfone groups is 1. The van der Waals surface area contributed by atoms with Crippen molar-refractivity contribution >= 4 is 33.3 Å². The van der Waals surface area contributed by atoms with Gasteiger partial charge in [-0.05, 0) is 30.5 Å². The van der Waals surface area contributed by atoms with Crippen LogP contribution in [0.1, 0.15) is 23.2 Å². The Morgan fingerprint density at radius 3 is 2.64 bits per heavy atom. The van der Waals surface area contributed by atoms with Crippen molar-refractivity contribution < 1.29 is 22.4 Å². The molecule has 1 saturated heterocycles. The van der Waals surface area contributed by atoms with Crippen LogP contribution in [0.5, 0.6) is 0 Å². The third-order valence-electron chi connectivity index (χ3n) is 3.29. The van der Waals surface area contributed by atoms with Gasteiger partial charge in [-0.3, -0.25) is 20.4 Å². The van der Waals surface area contributed by atoms with Crippen molar-refractivity contribution in [2.45, 2.75) is 12.8 Å². The van der Waals surface area contributed by atoms with Crippen LogP contribution in [-0.2, 0) is 14.6 Å². The van der Waals surface area contributed by atoms with E-state index in [0.717, 1.165) is 6.07 Å². The molecule has 9 heteroatoms. The second kappa shape index (κ2) is 6.62. The quantitative estimate of drug-likeness (QED) is 0.799. The predicted octanol–water partition coefficient (Wildman–Crippen LogP) is 1.06. The average Bonchev–Trinajstić information content (AvgIpc) is 2.75. The van der Waals surface area contributed by atoms with Gasteiger partial charge in [0.15, 0.2) is 9.84 Å². The van der Waals surface area contributed by atoms with Crippen molar-refractivity contribution in [3.05, 3.63) is 34.6 Å². The monoisotopic (exact) mass is 348 g/mol. The molecule has 2 amide bonds. The molecule has 0 saturated carbocycles. The summed E-state index contributed by atoms with van der Waals surface area (Å²) >= 11 is 5.58. The van der Waals surface area contributed by atoms with E-state index in [9.17, 15) is 22.4 Å². The summed E-state index contributed by atoms with van der Waals surface area (Å²) in [7, 11) is -3.05. The zero-order valence-electron chi connectivity index (χ0n) is 11.4. The van der Waals surface area contributed by atoms with Crippen LogP contribution in [0.4, 0.5) is 4.39 Å². The molecule has 1 fully saturated rings. The number of carbonyl (C=O) groups is 2. The largest absolute Gasteiger partial charge is 0.273 e. The molecule has 0 spiro atoms. The molecule has 0 unspecified atom stereocenters. The number of rotatable bonds is 3. The molecule has 1 aromatic rings. The van der Waals surface area contributed by atoms with Crippen molar-refractivity contribution in [1.29, 1.82) is 0 Å². The minimum atomic E-state index is -3.05. The molecule has 0 radical (unpaired) electrons. The van der Waals surface area contributed by atoms with E-state index in [1.807, 2.05) is 0 Å². The summed E-state index contributed by atoms with van der Waals surface area (Å²) in [4.78, 5) is 23.4. The molecule has 2 N–H and O–H groups in total. The molecule has 6 nitrogen and oxygen atoms in total. The van der Waals surface area contributed by atoms with Crippen LogP contribution in [-0.4, -0.2) is 31.7 Å². The summed E-state index contributed by atoms with van der Waals surface area (Å²) in [5.74, 6) is -2.35. The Balaban J connectivity index is 1.84. The first-order valence-corrected chi connectivity index (χ1v) is 8.71. The van der Waals surface area contributed by atoms with E-state index in [1.165, 1.54) is 12.1 Å². The SMILES string of the molecule is O=C(C[C@H]1CCS(=O)(=O)C1)NNC(=O)c1ccc(Cl)cc1F. The van der Waals surface area contributed by atoms with E-state index in [-0.39, 0.29) is 34.4 Å². The zero-order valence-corrected chi connectivity index (χ0v) is 13.0. The van der Waals surface area contributed by atoms with Crippen LogP contribution in [0.15, 0.2) is 18.2 Å². The van der Waals surface area contributed by atoms with E-state index in [0.29, 0.717) is 6.42 Å². The molecule has 1 aliphatic heterocycles. The summed E-state index contributed by atoms with van der Waals surface area (Å²) in [6, 6.07) is 3.54. The van der Waals surface area contributed by atoms with Gasteiger partial charge in [-0.25, -0.2) is 12.8 Å². The highest BCUT2D eigenvalue weighted by Gasteiger charge is 2.29. The van der Waals surface area contributed by atoms with Crippen molar-refractivity contribution in [2.24, 2.45) is 5.92 Å². The molecule has 0 bridgehead atoms. The lowest BCUT2D eigenvalue weighted by Gasteiger charge is -2.10. The maximum absolute atomic E-state index is 13.5. The molecule has 1 atom stereocenters. The molecular formula is C13H14ClFN2O4S. The third kappa shape index (κ3) is 4.41. The van der Waals surface area contributed by atoms with Crippen LogP contribution >= 0.6 is 11.6 Å². The minimum absolute atomic E-state index is 0.0113.